The number of allylic oxidation sites excluding steroid dienone is 2. The molecule has 5 nitrogen and oxygen atoms in total. The standard InChI is InChI=1S/C22H34O5/c1-5-6-7-8-9-20(22(18(2)14-23)27-17-24-3)16-26-15-19-10-12-21(25-4)13-11-19/h5,9-13,18,22-23H,1,6-8,14-17H2,2-4H3/b20-9+/t18-,22+/m0/s1. The zero-order valence-corrected chi connectivity index (χ0v) is 16.9. The Morgan fingerprint density at radius 1 is 1.19 bits per heavy atom. The topological polar surface area (TPSA) is 57.2 Å². The SMILES string of the molecule is C=CCCC/C=C(\COCc1ccc(OC)cc1)[C@H](OCOC)[C@@H](C)CO. The summed E-state index contributed by atoms with van der Waals surface area (Å²) in [5, 5.41) is 9.60. The van der Waals surface area contributed by atoms with Crippen molar-refractivity contribution in [1.29, 1.82) is 0 Å². The van der Waals surface area contributed by atoms with E-state index < -0.39 is 0 Å². The smallest absolute Gasteiger partial charge is 0.147 e. The van der Waals surface area contributed by atoms with E-state index in [9.17, 15) is 5.11 Å². The summed E-state index contributed by atoms with van der Waals surface area (Å²) in [7, 11) is 3.24. The average Bonchev–Trinajstić information content (AvgIpc) is 2.71. The Morgan fingerprint density at radius 3 is 2.52 bits per heavy atom. The molecule has 0 amide bonds. The quantitative estimate of drug-likeness (QED) is 0.283. The Morgan fingerprint density at radius 2 is 1.93 bits per heavy atom. The van der Waals surface area contributed by atoms with E-state index in [0.717, 1.165) is 36.1 Å². The number of methoxy groups -OCH3 is 2. The molecule has 0 saturated carbocycles. The van der Waals surface area contributed by atoms with Gasteiger partial charge < -0.3 is 24.1 Å². The normalized spacial score (nSPS) is 14.0. The van der Waals surface area contributed by atoms with Crippen molar-refractivity contribution in [3.63, 3.8) is 0 Å². The van der Waals surface area contributed by atoms with Crippen LogP contribution in [0.3, 0.4) is 0 Å². The Labute approximate surface area is 163 Å². The van der Waals surface area contributed by atoms with Crippen LogP contribution >= 0.6 is 0 Å². The summed E-state index contributed by atoms with van der Waals surface area (Å²) in [5.74, 6) is 0.779. The van der Waals surface area contributed by atoms with Gasteiger partial charge in [-0.05, 0) is 42.5 Å². The molecular formula is C22H34O5. The van der Waals surface area contributed by atoms with E-state index >= 15 is 0 Å². The van der Waals surface area contributed by atoms with Crippen LogP contribution < -0.4 is 4.74 Å². The van der Waals surface area contributed by atoms with Crippen LogP contribution in [0.4, 0.5) is 0 Å². The highest BCUT2D eigenvalue weighted by Crippen LogP contribution is 2.20. The van der Waals surface area contributed by atoms with Crippen LogP contribution in [-0.4, -0.2) is 45.4 Å². The third-order valence-electron chi connectivity index (χ3n) is 4.25. The van der Waals surface area contributed by atoms with Crippen LogP contribution in [0.1, 0.15) is 31.7 Å². The van der Waals surface area contributed by atoms with Crippen LogP contribution in [0.5, 0.6) is 5.75 Å². The van der Waals surface area contributed by atoms with Gasteiger partial charge in [0.2, 0.25) is 0 Å². The number of aliphatic hydroxyl groups excluding tert-OH is 1. The Kier molecular flexibility index (Phi) is 12.5. The van der Waals surface area contributed by atoms with Crippen LogP contribution in [0.2, 0.25) is 0 Å². The first kappa shape index (κ1) is 23.4. The van der Waals surface area contributed by atoms with Crippen molar-refractivity contribution in [2.45, 2.75) is 38.9 Å². The molecule has 2 atom stereocenters. The van der Waals surface area contributed by atoms with Gasteiger partial charge in [-0.25, -0.2) is 0 Å². The Hall–Kier alpha value is -1.66. The fourth-order valence-corrected chi connectivity index (χ4v) is 2.69. The molecule has 5 heteroatoms. The number of hydrogen-bond acceptors (Lipinski definition) is 5. The van der Waals surface area contributed by atoms with Crippen molar-refractivity contribution >= 4 is 0 Å². The third-order valence-corrected chi connectivity index (χ3v) is 4.25. The molecule has 27 heavy (non-hydrogen) atoms. The molecule has 0 aromatic heterocycles. The lowest BCUT2D eigenvalue weighted by Gasteiger charge is -2.26. The number of rotatable bonds is 15. The maximum atomic E-state index is 9.60. The largest absolute Gasteiger partial charge is 0.497 e. The van der Waals surface area contributed by atoms with Crippen molar-refractivity contribution in [2.75, 3.05) is 34.2 Å². The van der Waals surface area contributed by atoms with Gasteiger partial charge in [-0.1, -0.05) is 31.2 Å². The molecule has 0 aliphatic carbocycles. The highest BCUT2D eigenvalue weighted by molar-refractivity contribution is 5.26. The predicted octanol–water partition coefficient (Wildman–Crippen LogP) is 4.11. The van der Waals surface area contributed by atoms with Gasteiger partial charge >= 0.3 is 0 Å². The molecular weight excluding hydrogens is 344 g/mol. The molecule has 0 aliphatic rings. The van der Waals surface area contributed by atoms with E-state index in [2.05, 4.69) is 12.7 Å². The monoisotopic (exact) mass is 378 g/mol. The summed E-state index contributed by atoms with van der Waals surface area (Å²) >= 11 is 0. The second kappa shape index (κ2) is 14.4. The van der Waals surface area contributed by atoms with Gasteiger partial charge in [0.25, 0.3) is 0 Å². The fraction of sp³-hybridized carbons (Fsp3) is 0.545. The first-order valence-electron chi connectivity index (χ1n) is 9.38. The van der Waals surface area contributed by atoms with Gasteiger partial charge in [0.1, 0.15) is 12.5 Å². The lowest BCUT2D eigenvalue weighted by molar-refractivity contribution is -0.0846. The Balaban J connectivity index is 2.73. The minimum Gasteiger partial charge on any atom is -0.497 e. The van der Waals surface area contributed by atoms with Gasteiger partial charge in [-0.15, -0.1) is 6.58 Å². The van der Waals surface area contributed by atoms with E-state index in [1.165, 1.54) is 0 Å². The van der Waals surface area contributed by atoms with Gasteiger partial charge in [-0.2, -0.15) is 0 Å². The summed E-state index contributed by atoms with van der Waals surface area (Å²) in [5.41, 5.74) is 2.11. The number of unbranched alkanes of at least 4 members (excludes halogenated alkanes) is 2. The maximum Gasteiger partial charge on any atom is 0.147 e. The van der Waals surface area contributed by atoms with E-state index in [1.54, 1.807) is 14.2 Å². The number of hydrogen-bond donors (Lipinski definition) is 1. The highest BCUT2D eigenvalue weighted by atomic mass is 16.7. The molecule has 152 valence electrons. The molecule has 0 radical (unpaired) electrons. The van der Waals surface area contributed by atoms with Gasteiger partial charge in [-0.3, -0.25) is 0 Å². The molecule has 0 unspecified atom stereocenters. The molecule has 0 saturated heterocycles. The van der Waals surface area contributed by atoms with Crippen LogP contribution in [0.15, 0.2) is 48.6 Å². The number of ether oxygens (including phenoxy) is 4. The lowest BCUT2D eigenvalue weighted by Crippen LogP contribution is -2.29. The predicted molar refractivity (Wildman–Crippen MR) is 108 cm³/mol. The van der Waals surface area contributed by atoms with E-state index in [0.29, 0.717) is 13.2 Å². The van der Waals surface area contributed by atoms with Crippen LogP contribution in [0.25, 0.3) is 0 Å². The van der Waals surface area contributed by atoms with Crippen molar-refractivity contribution in [2.24, 2.45) is 5.92 Å². The summed E-state index contributed by atoms with van der Waals surface area (Å²) in [6.07, 6.45) is 6.74. The zero-order valence-electron chi connectivity index (χ0n) is 16.9. The fourth-order valence-electron chi connectivity index (χ4n) is 2.69. The van der Waals surface area contributed by atoms with E-state index in [1.807, 2.05) is 37.3 Å². The van der Waals surface area contributed by atoms with Crippen molar-refractivity contribution in [1.82, 2.24) is 0 Å². The minimum atomic E-state index is -0.241. The minimum absolute atomic E-state index is 0.0386. The van der Waals surface area contributed by atoms with Gasteiger partial charge in [0, 0.05) is 19.6 Å². The van der Waals surface area contributed by atoms with E-state index in [-0.39, 0.29) is 25.4 Å². The molecule has 0 bridgehead atoms. The summed E-state index contributed by atoms with van der Waals surface area (Å²) in [6.45, 7) is 6.88. The second-order valence-corrected chi connectivity index (χ2v) is 6.49. The average molecular weight is 379 g/mol. The molecule has 0 spiro atoms. The summed E-state index contributed by atoms with van der Waals surface area (Å²) < 4.78 is 22.0. The van der Waals surface area contributed by atoms with Crippen molar-refractivity contribution in [3.8, 4) is 5.75 Å². The number of benzene rings is 1. The lowest BCUT2D eigenvalue weighted by atomic mass is 9.96. The third kappa shape index (κ3) is 9.20. The molecule has 1 N–H and O–H groups in total. The molecule has 0 aliphatic heterocycles. The van der Waals surface area contributed by atoms with E-state index in [4.69, 9.17) is 18.9 Å². The second-order valence-electron chi connectivity index (χ2n) is 6.49. The molecule has 0 heterocycles. The summed E-state index contributed by atoms with van der Waals surface area (Å²) in [4.78, 5) is 0. The summed E-state index contributed by atoms with van der Waals surface area (Å²) in [6, 6.07) is 7.81. The molecule has 0 fully saturated rings. The Bertz CT molecular complexity index is 538. The molecule has 1 aromatic rings. The highest BCUT2D eigenvalue weighted by Gasteiger charge is 2.22. The van der Waals surface area contributed by atoms with Crippen LogP contribution in [0, 0.1) is 5.92 Å². The van der Waals surface area contributed by atoms with Crippen molar-refractivity contribution < 1.29 is 24.1 Å². The van der Waals surface area contributed by atoms with Crippen molar-refractivity contribution in [3.05, 3.63) is 54.1 Å². The molecule has 1 aromatic carbocycles. The zero-order chi connectivity index (χ0) is 19.9. The maximum absolute atomic E-state index is 9.60. The molecule has 1 rings (SSSR count). The van der Waals surface area contributed by atoms with Gasteiger partial charge in [0.15, 0.2) is 0 Å². The first-order valence-corrected chi connectivity index (χ1v) is 9.38. The number of aliphatic hydroxyl groups is 1. The van der Waals surface area contributed by atoms with Crippen LogP contribution in [-0.2, 0) is 20.8 Å². The van der Waals surface area contributed by atoms with Gasteiger partial charge in [0.05, 0.1) is 26.4 Å². The first-order chi connectivity index (χ1) is 13.2.